The van der Waals surface area contributed by atoms with Gasteiger partial charge in [-0.25, -0.2) is 0 Å². The lowest BCUT2D eigenvalue weighted by Crippen LogP contribution is -2.09. The van der Waals surface area contributed by atoms with Crippen LogP contribution in [-0.4, -0.2) is 16.8 Å². The van der Waals surface area contributed by atoms with Crippen molar-refractivity contribution in [3.05, 3.63) is 35.9 Å². The predicted molar refractivity (Wildman–Crippen MR) is 79.3 cm³/mol. The van der Waals surface area contributed by atoms with Crippen molar-refractivity contribution in [2.75, 3.05) is 5.75 Å². The minimum Gasteiger partial charge on any atom is -0.294 e. The zero-order chi connectivity index (χ0) is 12.6. The monoisotopic (exact) mass is 262 g/mol. The van der Waals surface area contributed by atoms with E-state index in [-0.39, 0.29) is 0 Å². The third-order valence-electron chi connectivity index (χ3n) is 3.55. The Bertz CT molecular complexity index is 355. The Morgan fingerprint density at radius 2 is 1.83 bits per heavy atom. The molecule has 0 aromatic heterocycles. The second-order valence-electron chi connectivity index (χ2n) is 5.02. The molecule has 1 aliphatic carbocycles. The zero-order valence-electron chi connectivity index (χ0n) is 10.9. The highest BCUT2D eigenvalue weighted by Crippen LogP contribution is 2.28. The standard InChI is InChI=1S/C16H22OS/c17-16(14-8-3-1-4-9-14)12-7-13-18-15-10-5-2-6-11-15/h1,3-4,8-9,15H,2,5-7,10-13H2. The van der Waals surface area contributed by atoms with E-state index in [4.69, 9.17) is 0 Å². The van der Waals surface area contributed by atoms with Crippen LogP contribution >= 0.6 is 11.8 Å². The Kier molecular flexibility index (Phi) is 5.79. The molecule has 98 valence electrons. The number of rotatable bonds is 6. The highest BCUT2D eigenvalue weighted by molar-refractivity contribution is 7.99. The van der Waals surface area contributed by atoms with E-state index < -0.39 is 0 Å². The zero-order valence-corrected chi connectivity index (χ0v) is 11.8. The summed E-state index contributed by atoms with van der Waals surface area (Å²) in [4.78, 5) is 11.9. The molecule has 2 rings (SSSR count). The maximum Gasteiger partial charge on any atom is 0.162 e. The largest absolute Gasteiger partial charge is 0.294 e. The van der Waals surface area contributed by atoms with Crippen molar-refractivity contribution in [2.24, 2.45) is 0 Å². The van der Waals surface area contributed by atoms with Gasteiger partial charge in [0.05, 0.1) is 0 Å². The molecule has 0 heterocycles. The average molecular weight is 262 g/mol. The Morgan fingerprint density at radius 1 is 1.11 bits per heavy atom. The van der Waals surface area contributed by atoms with Crippen LogP contribution in [0.15, 0.2) is 30.3 Å². The van der Waals surface area contributed by atoms with Crippen LogP contribution in [0, 0.1) is 0 Å². The molecule has 0 aliphatic heterocycles. The van der Waals surface area contributed by atoms with E-state index in [1.165, 1.54) is 32.1 Å². The summed E-state index contributed by atoms with van der Waals surface area (Å²) in [6.07, 6.45) is 8.72. The molecule has 0 spiro atoms. The first kappa shape index (κ1) is 13.7. The maximum atomic E-state index is 11.9. The number of carbonyl (C=O) groups excluding carboxylic acids is 1. The van der Waals surface area contributed by atoms with E-state index in [0.717, 1.165) is 23.0 Å². The lowest BCUT2D eigenvalue weighted by molar-refractivity contribution is 0.0982. The summed E-state index contributed by atoms with van der Waals surface area (Å²) in [5, 5.41) is 0.866. The van der Waals surface area contributed by atoms with Crippen LogP contribution < -0.4 is 0 Å². The van der Waals surface area contributed by atoms with Gasteiger partial charge in [0.1, 0.15) is 0 Å². The molecular formula is C16H22OS. The minimum absolute atomic E-state index is 0.292. The number of benzene rings is 1. The van der Waals surface area contributed by atoms with E-state index in [1.54, 1.807) is 0 Å². The van der Waals surface area contributed by atoms with Gasteiger partial charge in [-0.3, -0.25) is 4.79 Å². The van der Waals surface area contributed by atoms with Crippen LogP contribution in [0.5, 0.6) is 0 Å². The van der Waals surface area contributed by atoms with Crippen molar-refractivity contribution >= 4 is 17.5 Å². The number of carbonyl (C=O) groups is 1. The third-order valence-corrected chi connectivity index (χ3v) is 5.02. The number of hydrogen-bond acceptors (Lipinski definition) is 2. The summed E-state index contributed by atoms with van der Waals surface area (Å²) in [7, 11) is 0. The predicted octanol–water partition coefficient (Wildman–Crippen LogP) is 4.72. The highest BCUT2D eigenvalue weighted by Gasteiger charge is 2.13. The molecule has 0 radical (unpaired) electrons. The van der Waals surface area contributed by atoms with Crippen molar-refractivity contribution in [3.8, 4) is 0 Å². The molecule has 1 nitrogen and oxygen atoms in total. The maximum absolute atomic E-state index is 11.9. The van der Waals surface area contributed by atoms with Gasteiger partial charge in [-0.2, -0.15) is 11.8 Å². The molecule has 0 unspecified atom stereocenters. The summed E-state index contributed by atoms with van der Waals surface area (Å²) >= 11 is 2.08. The van der Waals surface area contributed by atoms with Gasteiger partial charge in [-0.15, -0.1) is 0 Å². The topological polar surface area (TPSA) is 17.1 Å². The normalized spacial score (nSPS) is 16.7. The fourth-order valence-electron chi connectivity index (χ4n) is 2.48. The molecule has 1 fully saturated rings. The fourth-order valence-corrected chi connectivity index (χ4v) is 3.79. The summed E-state index contributed by atoms with van der Waals surface area (Å²) in [5.41, 5.74) is 0.861. The van der Waals surface area contributed by atoms with Gasteiger partial charge in [0, 0.05) is 17.2 Å². The average Bonchev–Trinajstić information content (AvgIpc) is 2.45. The molecule has 1 aliphatic rings. The molecular weight excluding hydrogens is 240 g/mol. The number of thioether (sulfide) groups is 1. The Labute approximate surface area is 114 Å². The smallest absolute Gasteiger partial charge is 0.162 e. The van der Waals surface area contributed by atoms with Crippen molar-refractivity contribution in [2.45, 2.75) is 50.2 Å². The minimum atomic E-state index is 0.292. The summed E-state index contributed by atoms with van der Waals surface area (Å²) in [5.74, 6) is 1.43. The van der Waals surface area contributed by atoms with Crippen molar-refractivity contribution in [1.29, 1.82) is 0 Å². The van der Waals surface area contributed by atoms with Crippen LogP contribution in [0.25, 0.3) is 0 Å². The van der Waals surface area contributed by atoms with Gasteiger partial charge in [0.2, 0.25) is 0 Å². The van der Waals surface area contributed by atoms with E-state index in [2.05, 4.69) is 11.8 Å². The lowest BCUT2D eigenvalue weighted by atomic mass is 10.0. The molecule has 2 heteroatoms. The lowest BCUT2D eigenvalue weighted by Gasteiger charge is -2.20. The Morgan fingerprint density at radius 3 is 2.56 bits per heavy atom. The van der Waals surface area contributed by atoms with E-state index >= 15 is 0 Å². The third kappa shape index (κ3) is 4.49. The first-order chi connectivity index (χ1) is 8.86. The Balaban J connectivity index is 1.62. The van der Waals surface area contributed by atoms with Gasteiger partial charge >= 0.3 is 0 Å². The van der Waals surface area contributed by atoms with Gasteiger partial charge in [0.15, 0.2) is 5.78 Å². The molecule has 1 aromatic rings. The van der Waals surface area contributed by atoms with Gasteiger partial charge in [-0.1, -0.05) is 49.6 Å². The molecule has 1 aromatic carbocycles. The van der Waals surface area contributed by atoms with Crippen molar-refractivity contribution < 1.29 is 4.79 Å². The highest BCUT2D eigenvalue weighted by atomic mass is 32.2. The summed E-state index contributed by atoms with van der Waals surface area (Å²) in [6.45, 7) is 0. The first-order valence-corrected chi connectivity index (χ1v) is 8.11. The number of Topliss-reactive ketones (excluding diaryl/α,β-unsaturated/α-hetero) is 1. The molecule has 18 heavy (non-hydrogen) atoms. The summed E-state index contributed by atoms with van der Waals surface area (Å²) < 4.78 is 0. The molecule has 0 amide bonds. The van der Waals surface area contributed by atoms with E-state index in [9.17, 15) is 4.79 Å². The molecule has 0 atom stereocenters. The van der Waals surface area contributed by atoms with Gasteiger partial charge in [0.25, 0.3) is 0 Å². The second-order valence-corrected chi connectivity index (χ2v) is 6.43. The van der Waals surface area contributed by atoms with Crippen LogP contribution in [-0.2, 0) is 0 Å². The first-order valence-electron chi connectivity index (χ1n) is 7.06. The van der Waals surface area contributed by atoms with Crippen LogP contribution in [0.1, 0.15) is 55.3 Å². The van der Waals surface area contributed by atoms with Gasteiger partial charge < -0.3 is 0 Å². The van der Waals surface area contributed by atoms with Crippen LogP contribution in [0.3, 0.4) is 0 Å². The number of ketones is 1. The van der Waals surface area contributed by atoms with E-state index in [0.29, 0.717) is 12.2 Å². The fraction of sp³-hybridized carbons (Fsp3) is 0.562. The van der Waals surface area contributed by atoms with Crippen LogP contribution in [0.4, 0.5) is 0 Å². The van der Waals surface area contributed by atoms with Gasteiger partial charge in [-0.05, 0) is 25.0 Å². The molecule has 0 bridgehead atoms. The molecule has 1 saturated carbocycles. The Hall–Kier alpha value is -0.760. The second kappa shape index (κ2) is 7.63. The molecule has 0 saturated heterocycles. The van der Waals surface area contributed by atoms with Crippen LogP contribution in [0.2, 0.25) is 0 Å². The van der Waals surface area contributed by atoms with Crippen molar-refractivity contribution in [3.63, 3.8) is 0 Å². The van der Waals surface area contributed by atoms with Crippen molar-refractivity contribution in [1.82, 2.24) is 0 Å². The molecule has 0 N–H and O–H groups in total. The quantitative estimate of drug-likeness (QED) is 0.545. The van der Waals surface area contributed by atoms with E-state index in [1.807, 2.05) is 30.3 Å². The summed E-state index contributed by atoms with van der Waals surface area (Å²) in [6, 6.07) is 9.65. The number of hydrogen-bond donors (Lipinski definition) is 0. The SMILES string of the molecule is O=C(CCCSC1CCCCC1)c1ccccc1.